The second-order valence-electron chi connectivity index (χ2n) is 6.83. The molecule has 1 aromatic rings. The van der Waals surface area contributed by atoms with Gasteiger partial charge in [0.05, 0.1) is 17.8 Å². The minimum absolute atomic E-state index is 0.0862. The number of quaternary nitrogens is 1. The predicted octanol–water partition coefficient (Wildman–Crippen LogP) is 2.49. The van der Waals surface area contributed by atoms with Gasteiger partial charge >= 0.3 is 0 Å². The average Bonchev–Trinajstić information content (AvgIpc) is 2.62. The van der Waals surface area contributed by atoms with Crippen molar-refractivity contribution in [2.24, 2.45) is 0 Å². The second kappa shape index (κ2) is 10.3. The summed E-state index contributed by atoms with van der Waals surface area (Å²) >= 11 is 6.06. The lowest BCUT2D eigenvalue weighted by Gasteiger charge is -2.28. The second-order valence-corrected chi connectivity index (χ2v) is 7.23. The first-order chi connectivity index (χ1) is 12.5. The summed E-state index contributed by atoms with van der Waals surface area (Å²) < 4.78 is 0. The highest BCUT2D eigenvalue weighted by Crippen LogP contribution is 2.21. The molecule has 0 saturated carbocycles. The van der Waals surface area contributed by atoms with Crippen molar-refractivity contribution in [1.29, 1.82) is 0 Å². The number of benzene rings is 1. The Morgan fingerprint density at radius 1 is 1.23 bits per heavy atom. The molecule has 6 heteroatoms. The fraction of sp³-hybridized carbons (Fsp3) is 0.500. The van der Waals surface area contributed by atoms with Crippen LogP contribution in [-0.2, 0) is 9.59 Å². The number of hydrogen-bond donors (Lipinski definition) is 2. The van der Waals surface area contributed by atoms with Crippen molar-refractivity contribution in [3.05, 3.63) is 41.1 Å². The lowest BCUT2D eigenvalue weighted by atomic mass is 10.0. The van der Waals surface area contributed by atoms with Crippen molar-refractivity contribution in [2.75, 3.05) is 32.0 Å². The summed E-state index contributed by atoms with van der Waals surface area (Å²) in [4.78, 5) is 27.7. The lowest BCUT2D eigenvalue weighted by Crippen LogP contribution is -3.11. The van der Waals surface area contributed by atoms with Crippen LogP contribution >= 0.6 is 11.6 Å². The maximum Gasteiger partial charge on any atom is 0.281 e. The van der Waals surface area contributed by atoms with Crippen LogP contribution in [0.25, 0.3) is 0 Å². The molecular formula is C20H29ClN3O2+. The topological polar surface area (TPSA) is 53.9 Å². The molecule has 0 saturated heterocycles. The molecule has 5 nitrogen and oxygen atoms in total. The van der Waals surface area contributed by atoms with Crippen molar-refractivity contribution < 1.29 is 14.5 Å². The van der Waals surface area contributed by atoms with E-state index in [1.165, 1.54) is 6.42 Å². The van der Waals surface area contributed by atoms with Crippen LogP contribution in [-0.4, -0.2) is 43.4 Å². The summed E-state index contributed by atoms with van der Waals surface area (Å²) in [6.07, 6.45) is 7.47. The zero-order chi connectivity index (χ0) is 18.9. The zero-order valence-corrected chi connectivity index (χ0v) is 16.4. The van der Waals surface area contributed by atoms with E-state index >= 15 is 0 Å². The third-order valence-corrected chi connectivity index (χ3v) is 4.75. The van der Waals surface area contributed by atoms with Gasteiger partial charge < -0.3 is 15.1 Å². The number of halogens is 1. The number of allylic oxidation sites excluding steroid dienone is 2. The number of nitrogens with one attached hydrogen (secondary N) is 2. The minimum atomic E-state index is -0.151. The van der Waals surface area contributed by atoms with Crippen molar-refractivity contribution in [1.82, 2.24) is 4.90 Å². The Hall–Kier alpha value is -1.85. The van der Waals surface area contributed by atoms with E-state index in [0.29, 0.717) is 17.3 Å². The Morgan fingerprint density at radius 3 is 2.65 bits per heavy atom. The van der Waals surface area contributed by atoms with Crippen LogP contribution < -0.4 is 10.2 Å². The number of anilines is 1. The molecule has 0 aliphatic heterocycles. The fourth-order valence-electron chi connectivity index (χ4n) is 3.17. The van der Waals surface area contributed by atoms with Gasteiger partial charge in [-0.05, 0) is 44.2 Å². The van der Waals surface area contributed by atoms with Gasteiger partial charge in [0, 0.05) is 12.2 Å². The fourth-order valence-corrected chi connectivity index (χ4v) is 3.35. The first kappa shape index (κ1) is 20.5. The van der Waals surface area contributed by atoms with Crippen molar-refractivity contribution in [3.8, 4) is 0 Å². The normalized spacial score (nSPS) is 15.1. The molecule has 1 aliphatic carbocycles. The Morgan fingerprint density at radius 2 is 2.00 bits per heavy atom. The molecule has 26 heavy (non-hydrogen) atoms. The van der Waals surface area contributed by atoms with Gasteiger partial charge in [0.15, 0.2) is 13.1 Å². The number of likely N-dealkylation sites (N-methyl/N-ethyl adjacent to an activating group) is 1. The quantitative estimate of drug-likeness (QED) is 0.730. The van der Waals surface area contributed by atoms with Crippen LogP contribution in [0.15, 0.2) is 36.0 Å². The van der Waals surface area contributed by atoms with Crippen molar-refractivity contribution in [3.63, 3.8) is 0 Å². The predicted molar refractivity (Wildman–Crippen MR) is 105 cm³/mol. The van der Waals surface area contributed by atoms with E-state index in [1.54, 1.807) is 12.1 Å². The summed E-state index contributed by atoms with van der Waals surface area (Å²) in [7, 11) is 1.86. The molecule has 1 aromatic carbocycles. The molecule has 0 radical (unpaired) electrons. The minimum Gasteiger partial charge on any atom is -0.322 e. The van der Waals surface area contributed by atoms with Crippen LogP contribution in [0.3, 0.4) is 0 Å². The van der Waals surface area contributed by atoms with Gasteiger partial charge in [-0.15, -0.1) is 0 Å². The molecule has 1 aliphatic rings. The molecule has 0 aromatic heterocycles. The summed E-state index contributed by atoms with van der Waals surface area (Å²) in [5.74, 6) is -0.0645. The molecule has 0 bridgehead atoms. The van der Waals surface area contributed by atoms with Crippen LogP contribution in [0.1, 0.15) is 39.0 Å². The van der Waals surface area contributed by atoms with Gasteiger partial charge in [-0.1, -0.05) is 36.7 Å². The zero-order valence-electron chi connectivity index (χ0n) is 15.7. The number of para-hydroxylation sites is 1. The van der Waals surface area contributed by atoms with E-state index in [1.807, 2.05) is 24.1 Å². The molecule has 2 rings (SSSR count). The summed E-state index contributed by atoms with van der Waals surface area (Å²) in [6, 6.07) is 7.13. The van der Waals surface area contributed by atoms with Gasteiger partial charge in [-0.3, -0.25) is 9.59 Å². The maximum absolute atomic E-state index is 12.7. The molecule has 142 valence electrons. The van der Waals surface area contributed by atoms with Gasteiger partial charge in [-0.2, -0.15) is 0 Å². The van der Waals surface area contributed by atoms with Crippen LogP contribution in [0.5, 0.6) is 0 Å². The average molecular weight is 379 g/mol. The molecule has 1 unspecified atom stereocenters. The van der Waals surface area contributed by atoms with Crippen molar-refractivity contribution >= 4 is 29.1 Å². The lowest BCUT2D eigenvalue weighted by molar-refractivity contribution is -0.862. The molecular weight excluding hydrogens is 350 g/mol. The van der Waals surface area contributed by atoms with Gasteiger partial charge in [0.2, 0.25) is 0 Å². The van der Waals surface area contributed by atoms with Crippen molar-refractivity contribution in [2.45, 2.75) is 39.0 Å². The van der Waals surface area contributed by atoms with E-state index in [2.05, 4.69) is 18.3 Å². The molecule has 2 N–H and O–H groups in total. The number of hydrogen-bond acceptors (Lipinski definition) is 2. The number of carbonyl (C=O) groups excluding carboxylic acids is 2. The Kier molecular flexibility index (Phi) is 8.13. The molecule has 0 fully saturated rings. The standard InChI is InChI=1S/C20H28ClN3O2/c1-3-13-24(16-9-5-4-6-10-16)20(26)15-23(2)14-19(25)22-18-12-8-7-11-17(18)21/h7-9,11-12H,3-6,10,13-15H2,1-2H3,(H,22,25)/p+1. The Balaban J connectivity index is 1.89. The largest absolute Gasteiger partial charge is 0.322 e. The Bertz CT molecular complexity index is 660. The van der Waals surface area contributed by atoms with E-state index in [4.69, 9.17) is 11.6 Å². The number of rotatable bonds is 8. The summed E-state index contributed by atoms with van der Waals surface area (Å²) in [5, 5.41) is 3.31. The van der Waals surface area contributed by atoms with E-state index in [0.717, 1.165) is 42.8 Å². The summed E-state index contributed by atoms with van der Waals surface area (Å²) in [5.41, 5.74) is 1.75. The third kappa shape index (κ3) is 6.15. The van der Waals surface area contributed by atoms with Crippen LogP contribution in [0, 0.1) is 0 Å². The summed E-state index contributed by atoms with van der Waals surface area (Å²) in [6.45, 7) is 3.34. The highest BCUT2D eigenvalue weighted by atomic mass is 35.5. The van der Waals surface area contributed by atoms with Crippen LogP contribution in [0.2, 0.25) is 5.02 Å². The third-order valence-electron chi connectivity index (χ3n) is 4.43. The monoisotopic (exact) mass is 378 g/mol. The van der Waals surface area contributed by atoms with E-state index in [-0.39, 0.29) is 18.4 Å². The number of amides is 2. The highest BCUT2D eigenvalue weighted by Gasteiger charge is 2.23. The first-order valence-electron chi connectivity index (χ1n) is 9.36. The van der Waals surface area contributed by atoms with Crippen LogP contribution in [0.4, 0.5) is 5.69 Å². The SMILES string of the molecule is CCCN(C(=O)C[NH+](C)CC(=O)Nc1ccccc1Cl)C1=CCCCC1. The van der Waals surface area contributed by atoms with Gasteiger partial charge in [0.25, 0.3) is 11.8 Å². The smallest absolute Gasteiger partial charge is 0.281 e. The Labute approximate surface area is 161 Å². The van der Waals surface area contributed by atoms with E-state index < -0.39 is 0 Å². The molecule has 1 atom stereocenters. The number of nitrogens with zero attached hydrogens (tertiary/aromatic N) is 1. The van der Waals surface area contributed by atoms with Gasteiger partial charge in [0.1, 0.15) is 0 Å². The first-order valence-corrected chi connectivity index (χ1v) is 9.74. The van der Waals surface area contributed by atoms with E-state index in [9.17, 15) is 9.59 Å². The number of carbonyl (C=O) groups is 2. The van der Waals surface area contributed by atoms with Gasteiger partial charge in [-0.25, -0.2) is 0 Å². The molecule has 0 spiro atoms. The highest BCUT2D eigenvalue weighted by molar-refractivity contribution is 6.33. The molecule has 2 amide bonds. The maximum atomic E-state index is 12.7. The molecule has 0 heterocycles.